The Bertz CT molecular complexity index is 693. The predicted octanol–water partition coefficient (Wildman–Crippen LogP) is 2.76. The molecule has 0 aliphatic carbocycles. The molecule has 0 fully saturated rings. The molecule has 9 heteroatoms. The van der Waals surface area contributed by atoms with Gasteiger partial charge in [0.25, 0.3) is 0 Å². The lowest BCUT2D eigenvalue weighted by Gasteiger charge is -2.10. The normalized spacial score (nSPS) is 11.6. The number of rotatable bonds is 3. The molecule has 0 atom stereocenters. The lowest BCUT2D eigenvalue weighted by atomic mass is 10.2. The van der Waals surface area contributed by atoms with E-state index in [9.17, 15) is 13.2 Å². The summed E-state index contributed by atoms with van der Waals surface area (Å²) in [5.74, 6) is 0. The van der Waals surface area contributed by atoms with Crippen molar-refractivity contribution in [1.29, 1.82) is 0 Å². The number of alkyl halides is 3. The summed E-state index contributed by atoms with van der Waals surface area (Å²) in [6.45, 7) is 0. The minimum atomic E-state index is -4.40. The van der Waals surface area contributed by atoms with E-state index in [-0.39, 0.29) is 10.8 Å². The summed E-state index contributed by atoms with van der Waals surface area (Å²) in [6, 6.07) is 4.74. The molecule has 2 aromatic rings. The SMILES string of the molecule is Cn1cc(/C=N\NC(=S)Nc2cccc(C(F)(F)F)c2)cn1. The van der Waals surface area contributed by atoms with E-state index in [0.29, 0.717) is 0 Å². The predicted molar refractivity (Wildman–Crippen MR) is 81.6 cm³/mol. The fraction of sp³-hybridized carbons (Fsp3) is 0.154. The molecular weight excluding hydrogens is 315 g/mol. The van der Waals surface area contributed by atoms with Crippen LogP contribution in [0, 0.1) is 0 Å². The highest BCUT2D eigenvalue weighted by Gasteiger charge is 2.30. The summed E-state index contributed by atoms with van der Waals surface area (Å²) in [4.78, 5) is 0. The van der Waals surface area contributed by atoms with Crippen LogP contribution in [0.3, 0.4) is 0 Å². The third-order valence-corrected chi connectivity index (χ3v) is 2.75. The van der Waals surface area contributed by atoms with E-state index in [1.807, 2.05) is 0 Å². The van der Waals surface area contributed by atoms with Gasteiger partial charge in [-0.15, -0.1) is 0 Å². The van der Waals surface area contributed by atoms with E-state index in [2.05, 4.69) is 20.9 Å². The second-order valence-corrected chi connectivity index (χ2v) is 4.76. The van der Waals surface area contributed by atoms with Crippen molar-refractivity contribution in [3.63, 3.8) is 0 Å². The number of nitrogens with one attached hydrogen (secondary N) is 2. The van der Waals surface area contributed by atoms with E-state index in [0.717, 1.165) is 17.7 Å². The van der Waals surface area contributed by atoms with Crippen LogP contribution >= 0.6 is 12.2 Å². The summed E-state index contributed by atoms with van der Waals surface area (Å²) in [5, 5.41) is 10.5. The van der Waals surface area contributed by atoms with Crippen LogP contribution in [0.4, 0.5) is 18.9 Å². The molecule has 0 bridgehead atoms. The van der Waals surface area contributed by atoms with Gasteiger partial charge in [-0.2, -0.15) is 23.4 Å². The number of hydrogen-bond acceptors (Lipinski definition) is 3. The van der Waals surface area contributed by atoms with Crippen LogP contribution < -0.4 is 10.7 Å². The molecule has 1 aromatic carbocycles. The number of halogens is 3. The van der Waals surface area contributed by atoms with Crippen molar-refractivity contribution < 1.29 is 13.2 Å². The Hall–Kier alpha value is -2.42. The summed E-state index contributed by atoms with van der Waals surface area (Å²) >= 11 is 4.96. The van der Waals surface area contributed by atoms with Crippen molar-refractivity contribution in [1.82, 2.24) is 15.2 Å². The Kier molecular flexibility index (Phi) is 4.76. The molecule has 0 amide bonds. The van der Waals surface area contributed by atoms with E-state index >= 15 is 0 Å². The molecular formula is C13H12F3N5S. The molecule has 5 nitrogen and oxygen atoms in total. The van der Waals surface area contributed by atoms with Crippen molar-refractivity contribution in [3.05, 3.63) is 47.8 Å². The van der Waals surface area contributed by atoms with Crippen LogP contribution in [0.2, 0.25) is 0 Å². The Labute approximate surface area is 129 Å². The number of thiocarbonyl (C=S) groups is 1. The largest absolute Gasteiger partial charge is 0.416 e. The van der Waals surface area contributed by atoms with Gasteiger partial charge in [-0.25, -0.2) is 0 Å². The first kappa shape index (κ1) is 16.0. The number of benzene rings is 1. The molecule has 0 saturated heterocycles. The van der Waals surface area contributed by atoms with Gasteiger partial charge in [0, 0.05) is 24.5 Å². The average molecular weight is 327 g/mol. The standard InChI is InChI=1S/C13H12F3N5S/c1-21-8-9(7-18-21)6-17-20-12(22)19-11-4-2-3-10(5-11)13(14,15)16/h2-8H,1H3,(H2,19,20,22)/b17-6-. The second-order valence-electron chi connectivity index (χ2n) is 4.35. The van der Waals surface area contributed by atoms with E-state index in [1.54, 1.807) is 24.1 Å². The number of aryl methyl sites for hydroxylation is 1. The van der Waals surface area contributed by atoms with Gasteiger partial charge in [-0.05, 0) is 30.4 Å². The van der Waals surface area contributed by atoms with Gasteiger partial charge in [-0.3, -0.25) is 10.1 Å². The van der Waals surface area contributed by atoms with E-state index in [4.69, 9.17) is 12.2 Å². The van der Waals surface area contributed by atoms with Gasteiger partial charge in [0.1, 0.15) is 0 Å². The molecule has 0 spiro atoms. The van der Waals surface area contributed by atoms with Crippen molar-refractivity contribution in [3.8, 4) is 0 Å². The zero-order valence-electron chi connectivity index (χ0n) is 11.4. The molecule has 2 N–H and O–H groups in total. The Morgan fingerprint density at radius 1 is 1.41 bits per heavy atom. The fourth-order valence-corrected chi connectivity index (χ4v) is 1.78. The quantitative estimate of drug-likeness (QED) is 0.517. The van der Waals surface area contributed by atoms with Gasteiger partial charge in [0.05, 0.1) is 18.0 Å². The molecule has 116 valence electrons. The van der Waals surface area contributed by atoms with Crippen LogP contribution in [0.1, 0.15) is 11.1 Å². The molecule has 0 unspecified atom stereocenters. The van der Waals surface area contributed by atoms with E-state index in [1.165, 1.54) is 18.3 Å². The molecule has 0 radical (unpaired) electrons. The van der Waals surface area contributed by atoms with Gasteiger partial charge in [0.15, 0.2) is 5.11 Å². The average Bonchev–Trinajstić information content (AvgIpc) is 2.84. The Morgan fingerprint density at radius 2 is 2.18 bits per heavy atom. The monoisotopic (exact) mass is 327 g/mol. The maximum atomic E-state index is 12.6. The first-order valence-corrected chi connectivity index (χ1v) is 6.51. The van der Waals surface area contributed by atoms with Crippen molar-refractivity contribution in [2.24, 2.45) is 12.1 Å². The summed E-state index contributed by atoms with van der Waals surface area (Å²) < 4.78 is 39.4. The highest BCUT2D eigenvalue weighted by Crippen LogP contribution is 2.30. The third-order valence-electron chi connectivity index (χ3n) is 2.55. The van der Waals surface area contributed by atoms with Crippen LogP contribution in [-0.4, -0.2) is 21.1 Å². The fourth-order valence-electron chi connectivity index (χ4n) is 1.60. The molecule has 0 aliphatic heterocycles. The zero-order valence-corrected chi connectivity index (χ0v) is 12.2. The lowest BCUT2D eigenvalue weighted by Crippen LogP contribution is -2.24. The number of hydrogen-bond donors (Lipinski definition) is 2. The second kappa shape index (κ2) is 6.56. The van der Waals surface area contributed by atoms with Crippen molar-refractivity contribution in [2.45, 2.75) is 6.18 Å². The van der Waals surface area contributed by atoms with Gasteiger partial charge in [0.2, 0.25) is 0 Å². The first-order valence-electron chi connectivity index (χ1n) is 6.10. The maximum Gasteiger partial charge on any atom is 0.416 e. The number of anilines is 1. The van der Waals surface area contributed by atoms with Crippen LogP contribution in [-0.2, 0) is 13.2 Å². The van der Waals surface area contributed by atoms with E-state index < -0.39 is 11.7 Å². The molecule has 22 heavy (non-hydrogen) atoms. The summed E-state index contributed by atoms with van der Waals surface area (Å²) in [6.07, 6.45) is 0.446. The third kappa shape index (κ3) is 4.55. The minimum Gasteiger partial charge on any atom is -0.331 e. The topological polar surface area (TPSA) is 54.2 Å². The molecule has 0 saturated carbocycles. The molecule has 0 aliphatic rings. The first-order chi connectivity index (χ1) is 10.3. The van der Waals surface area contributed by atoms with Gasteiger partial charge < -0.3 is 5.32 Å². The van der Waals surface area contributed by atoms with Crippen LogP contribution in [0.25, 0.3) is 0 Å². The number of aromatic nitrogens is 2. The highest BCUT2D eigenvalue weighted by molar-refractivity contribution is 7.80. The van der Waals surface area contributed by atoms with Crippen molar-refractivity contribution in [2.75, 3.05) is 5.32 Å². The highest BCUT2D eigenvalue weighted by atomic mass is 32.1. The Balaban J connectivity index is 1.93. The summed E-state index contributed by atoms with van der Waals surface area (Å²) in [7, 11) is 1.77. The smallest absolute Gasteiger partial charge is 0.331 e. The minimum absolute atomic E-state index is 0.0828. The van der Waals surface area contributed by atoms with Gasteiger partial charge in [-0.1, -0.05) is 6.07 Å². The van der Waals surface area contributed by atoms with Crippen molar-refractivity contribution >= 4 is 29.2 Å². The molecule has 2 rings (SSSR count). The molecule has 1 aromatic heterocycles. The lowest BCUT2D eigenvalue weighted by molar-refractivity contribution is -0.137. The number of nitrogens with zero attached hydrogens (tertiary/aromatic N) is 3. The molecule has 1 heterocycles. The maximum absolute atomic E-state index is 12.6. The van der Waals surface area contributed by atoms with Gasteiger partial charge >= 0.3 is 6.18 Å². The van der Waals surface area contributed by atoms with Crippen LogP contribution in [0.15, 0.2) is 41.8 Å². The van der Waals surface area contributed by atoms with Crippen LogP contribution in [0.5, 0.6) is 0 Å². The summed E-state index contributed by atoms with van der Waals surface area (Å²) in [5.41, 5.74) is 2.75. The number of hydrazone groups is 1. The zero-order chi connectivity index (χ0) is 16.2. The Morgan fingerprint density at radius 3 is 2.82 bits per heavy atom.